The summed E-state index contributed by atoms with van der Waals surface area (Å²) in [4.78, 5) is 15.7. The van der Waals surface area contributed by atoms with E-state index >= 15 is 0 Å². The molecule has 1 aliphatic rings. The Bertz CT molecular complexity index is 287. The Kier molecular flexibility index (Phi) is 5.17. The molecule has 17 heavy (non-hydrogen) atoms. The minimum atomic E-state index is -0.593. The highest BCUT2D eigenvalue weighted by molar-refractivity contribution is 6.01. The number of piperazine rings is 1. The minimum absolute atomic E-state index is 0.0622. The lowest BCUT2D eigenvalue weighted by Gasteiger charge is -2.35. The first-order valence-electron chi connectivity index (χ1n) is 5.69. The first-order valence-corrected chi connectivity index (χ1v) is 5.69. The molecular formula is C10H20N4O3. The Balaban J connectivity index is 2.46. The molecule has 1 amide bonds. The third-order valence-corrected chi connectivity index (χ3v) is 3.03. The van der Waals surface area contributed by atoms with E-state index < -0.39 is 5.92 Å². The van der Waals surface area contributed by atoms with E-state index in [1.54, 1.807) is 11.8 Å². The van der Waals surface area contributed by atoms with Gasteiger partial charge < -0.3 is 20.9 Å². The van der Waals surface area contributed by atoms with Crippen LogP contribution in [0.1, 0.15) is 6.92 Å². The fourth-order valence-corrected chi connectivity index (χ4v) is 1.82. The molecule has 0 spiro atoms. The summed E-state index contributed by atoms with van der Waals surface area (Å²) in [5.41, 5.74) is 5.41. The summed E-state index contributed by atoms with van der Waals surface area (Å²) < 4.78 is 0. The van der Waals surface area contributed by atoms with Crippen LogP contribution in [0.25, 0.3) is 0 Å². The normalized spacial score (nSPS) is 20.4. The van der Waals surface area contributed by atoms with Gasteiger partial charge in [0.15, 0.2) is 5.84 Å². The van der Waals surface area contributed by atoms with Gasteiger partial charge in [-0.25, -0.2) is 0 Å². The number of carbonyl (C=O) groups excluding carboxylic acids is 1. The van der Waals surface area contributed by atoms with Gasteiger partial charge in [-0.3, -0.25) is 9.69 Å². The van der Waals surface area contributed by atoms with Crippen molar-refractivity contribution in [3.63, 3.8) is 0 Å². The molecule has 0 aromatic carbocycles. The van der Waals surface area contributed by atoms with Crippen LogP contribution in [0.3, 0.4) is 0 Å². The molecule has 0 aromatic heterocycles. The van der Waals surface area contributed by atoms with E-state index in [9.17, 15) is 4.79 Å². The number of hydrogen-bond donors (Lipinski definition) is 3. The molecule has 0 aromatic rings. The third kappa shape index (κ3) is 3.57. The number of aliphatic hydroxyl groups is 1. The van der Waals surface area contributed by atoms with E-state index in [4.69, 9.17) is 16.0 Å². The van der Waals surface area contributed by atoms with Gasteiger partial charge in [-0.1, -0.05) is 5.16 Å². The molecule has 0 bridgehead atoms. The van der Waals surface area contributed by atoms with Gasteiger partial charge in [-0.05, 0) is 6.92 Å². The molecule has 1 aliphatic heterocycles. The van der Waals surface area contributed by atoms with E-state index in [0.717, 1.165) is 13.1 Å². The number of amidine groups is 1. The van der Waals surface area contributed by atoms with Crippen molar-refractivity contribution in [2.45, 2.75) is 6.92 Å². The lowest BCUT2D eigenvalue weighted by Crippen LogP contribution is -2.51. The van der Waals surface area contributed by atoms with Gasteiger partial charge in [-0.2, -0.15) is 0 Å². The largest absolute Gasteiger partial charge is 0.409 e. The second kappa shape index (κ2) is 6.41. The van der Waals surface area contributed by atoms with Crippen molar-refractivity contribution in [3.8, 4) is 0 Å². The molecule has 1 heterocycles. The molecule has 98 valence electrons. The fraction of sp³-hybridized carbons (Fsp3) is 0.800. The molecule has 1 atom stereocenters. The second-order valence-corrected chi connectivity index (χ2v) is 4.14. The zero-order chi connectivity index (χ0) is 12.8. The fourth-order valence-electron chi connectivity index (χ4n) is 1.82. The molecule has 4 N–H and O–H groups in total. The standard InChI is InChI=1S/C10H20N4O3/c1-8(9(11)12-17)10(16)14-4-2-13(3-5-14)6-7-15/h8,15,17H,2-7H2,1H3,(H2,11,12). The number of β-amino-alcohol motifs (C(OH)–C–C–N with tert-alkyl or cyclic N) is 1. The molecule has 7 nitrogen and oxygen atoms in total. The molecule has 0 saturated carbocycles. The van der Waals surface area contributed by atoms with Crippen LogP contribution in [-0.2, 0) is 4.79 Å². The number of nitrogens with two attached hydrogens (primary N) is 1. The average molecular weight is 244 g/mol. The Morgan fingerprint density at radius 3 is 2.47 bits per heavy atom. The monoisotopic (exact) mass is 244 g/mol. The Hall–Kier alpha value is -1.34. The molecule has 0 aliphatic carbocycles. The van der Waals surface area contributed by atoms with Crippen LogP contribution in [0.15, 0.2) is 5.16 Å². The smallest absolute Gasteiger partial charge is 0.233 e. The summed E-state index contributed by atoms with van der Waals surface area (Å²) in [5.74, 6) is -0.777. The van der Waals surface area contributed by atoms with Crippen LogP contribution in [0.5, 0.6) is 0 Å². The number of aliphatic hydroxyl groups excluding tert-OH is 1. The van der Waals surface area contributed by atoms with Gasteiger partial charge in [0.2, 0.25) is 5.91 Å². The van der Waals surface area contributed by atoms with Crippen molar-refractivity contribution in [1.82, 2.24) is 9.80 Å². The molecular weight excluding hydrogens is 224 g/mol. The number of nitrogens with zero attached hydrogens (tertiary/aromatic N) is 3. The second-order valence-electron chi connectivity index (χ2n) is 4.14. The number of amides is 1. The van der Waals surface area contributed by atoms with Gasteiger partial charge in [0.1, 0.15) is 0 Å². The maximum Gasteiger partial charge on any atom is 0.233 e. The Morgan fingerprint density at radius 1 is 1.41 bits per heavy atom. The van der Waals surface area contributed by atoms with E-state index in [2.05, 4.69) is 10.1 Å². The van der Waals surface area contributed by atoms with Gasteiger partial charge in [-0.15, -0.1) is 0 Å². The molecule has 1 fully saturated rings. The summed E-state index contributed by atoms with van der Waals surface area (Å²) >= 11 is 0. The van der Waals surface area contributed by atoms with Crippen LogP contribution in [0, 0.1) is 5.92 Å². The summed E-state index contributed by atoms with van der Waals surface area (Å²) in [6, 6.07) is 0. The van der Waals surface area contributed by atoms with Crippen molar-refractivity contribution < 1.29 is 15.1 Å². The first-order chi connectivity index (χ1) is 8.10. The number of oxime groups is 1. The lowest BCUT2D eigenvalue weighted by atomic mass is 10.1. The van der Waals surface area contributed by atoms with Crippen LogP contribution in [-0.4, -0.2) is 71.2 Å². The third-order valence-electron chi connectivity index (χ3n) is 3.03. The summed E-state index contributed by atoms with van der Waals surface area (Å²) in [6.45, 7) is 5.11. The minimum Gasteiger partial charge on any atom is -0.409 e. The summed E-state index contributed by atoms with van der Waals surface area (Å²) in [5, 5.41) is 20.2. The van der Waals surface area contributed by atoms with Crippen LogP contribution in [0.2, 0.25) is 0 Å². The summed E-state index contributed by atoms with van der Waals surface area (Å²) in [6.07, 6.45) is 0. The zero-order valence-corrected chi connectivity index (χ0v) is 10.0. The van der Waals surface area contributed by atoms with Gasteiger partial charge in [0.05, 0.1) is 12.5 Å². The van der Waals surface area contributed by atoms with Crippen molar-refractivity contribution >= 4 is 11.7 Å². The van der Waals surface area contributed by atoms with Crippen molar-refractivity contribution in [2.24, 2.45) is 16.8 Å². The first kappa shape index (κ1) is 13.7. The Morgan fingerprint density at radius 2 is 2.00 bits per heavy atom. The number of carbonyl (C=O) groups is 1. The lowest BCUT2D eigenvalue weighted by molar-refractivity contribution is -0.134. The van der Waals surface area contributed by atoms with E-state index in [-0.39, 0.29) is 18.3 Å². The number of rotatable bonds is 4. The van der Waals surface area contributed by atoms with Crippen LogP contribution >= 0.6 is 0 Å². The van der Waals surface area contributed by atoms with Gasteiger partial charge >= 0.3 is 0 Å². The summed E-state index contributed by atoms with van der Waals surface area (Å²) in [7, 11) is 0. The van der Waals surface area contributed by atoms with E-state index in [0.29, 0.717) is 19.6 Å². The molecule has 1 unspecified atom stereocenters. The van der Waals surface area contributed by atoms with Crippen molar-refractivity contribution in [2.75, 3.05) is 39.3 Å². The highest BCUT2D eigenvalue weighted by Crippen LogP contribution is 2.07. The van der Waals surface area contributed by atoms with Crippen LogP contribution in [0.4, 0.5) is 0 Å². The quantitative estimate of drug-likeness (QED) is 0.242. The molecule has 1 saturated heterocycles. The number of hydrogen-bond acceptors (Lipinski definition) is 5. The van der Waals surface area contributed by atoms with E-state index in [1.807, 2.05) is 0 Å². The van der Waals surface area contributed by atoms with Crippen molar-refractivity contribution in [1.29, 1.82) is 0 Å². The van der Waals surface area contributed by atoms with E-state index in [1.165, 1.54) is 0 Å². The highest BCUT2D eigenvalue weighted by atomic mass is 16.4. The topological polar surface area (TPSA) is 102 Å². The van der Waals surface area contributed by atoms with Crippen LogP contribution < -0.4 is 5.73 Å². The molecule has 0 radical (unpaired) electrons. The Labute approximate surface area is 100 Å². The molecule has 7 heteroatoms. The average Bonchev–Trinajstić information content (AvgIpc) is 2.37. The maximum absolute atomic E-state index is 11.9. The van der Waals surface area contributed by atoms with Crippen molar-refractivity contribution in [3.05, 3.63) is 0 Å². The molecule has 1 rings (SSSR count). The van der Waals surface area contributed by atoms with Gasteiger partial charge in [0, 0.05) is 32.7 Å². The highest BCUT2D eigenvalue weighted by Gasteiger charge is 2.26. The van der Waals surface area contributed by atoms with Gasteiger partial charge in [0.25, 0.3) is 0 Å². The predicted octanol–water partition coefficient (Wildman–Crippen LogP) is -1.49. The zero-order valence-electron chi connectivity index (χ0n) is 10.0. The SMILES string of the molecule is CC(C(=O)N1CCN(CCO)CC1)C(N)=NO. The maximum atomic E-state index is 11.9. The predicted molar refractivity (Wildman–Crippen MR) is 62.7 cm³/mol.